The molecule has 0 spiro atoms. The van der Waals surface area contributed by atoms with E-state index < -0.39 is 6.35 Å². The molecule has 0 saturated heterocycles. The first-order valence-corrected chi connectivity index (χ1v) is 3.23. The van der Waals surface area contributed by atoms with Gasteiger partial charge in [-0.05, 0) is 12.8 Å². The Bertz CT molecular complexity index is 73.5. The first-order chi connectivity index (χ1) is 4.04. The summed E-state index contributed by atoms with van der Waals surface area (Å²) in [5.41, 5.74) is 5.08. The number of nitrogens with one attached hydrogen (secondary N) is 1. The lowest BCUT2D eigenvalue weighted by molar-refractivity contribution is 0.122. The average Bonchev–Trinajstić information content (AvgIpc) is 1.63. The van der Waals surface area contributed by atoms with Gasteiger partial charge >= 0.3 is 0 Å². The normalized spacial score (nSPS) is 18.0. The molecule has 9 heavy (non-hydrogen) atoms. The third kappa shape index (κ3) is 4.39. The van der Waals surface area contributed by atoms with Gasteiger partial charge in [-0.15, -0.1) is 0 Å². The Kier molecular flexibility index (Phi) is 3.77. The van der Waals surface area contributed by atoms with E-state index in [4.69, 9.17) is 10.8 Å². The van der Waals surface area contributed by atoms with E-state index in [1.807, 2.05) is 6.92 Å². The van der Waals surface area contributed by atoms with E-state index in [1.54, 1.807) is 0 Å². The lowest BCUT2D eigenvalue weighted by Gasteiger charge is -2.18. The molecular formula is C6H16N2O. The fourth-order valence-corrected chi connectivity index (χ4v) is 0.462. The Labute approximate surface area is 56.2 Å². The smallest absolute Gasteiger partial charge is 0.158 e. The molecule has 3 nitrogen and oxygen atoms in total. The number of hydrogen-bond acceptors (Lipinski definition) is 3. The molecule has 0 amide bonds. The van der Waals surface area contributed by atoms with E-state index in [0.717, 1.165) is 0 Å². The van der Waals surface area contributed by atoms with Crippen molar-refractivity contribution in [2.45, 2.75) is 33.2 Å². The molecular weight excluding hydrogens is 116 g/mol. The van der Waals surface area contributed by atoms with Crippen LogP contribution in [0.4, 0.5) is 0 Å². The van der Waals surface area contributed by atoms with Gasteiger partial charge in [-0.1, -0.05) is 13.8 Å². The molecule has 2 unspecified atom stereocenters. The maximum absolute atomic E-state index is 8.64. The fourth-order valence-electron chi connectivity index (χ4n) is 0.462. The largest absolute Gasteiger partial charge is 0.366 e. The molecule has 4 N–H and O–H groups in total. The second kappa shape index (κ2) is 3.82. The van der Waals surface area contributed by atoms with Crippen LogP contribution in [-0.2, 0) is 0 Å². The van der Waals surface area contributed by atoms with Gasteiger partial charge in [0.1, 0.15) is 0 Å². The molecule has 0 saturated carbocycles. The maximum atomic E-state index is 8.64. The van der Waals surface area contributed by atoms with E-state index in [2.05, 4.69) is 19.2 Å². The second-order valence-electron chi connectivity index (χ2n) is 2.64. The zero-order valence-electron chi connectivity index (χ0n) is 6.26. The van der Waals surface area contributed by atoms with Crippen molar-refractivity contribution in [2.24, 2.45) is 11.7 Å². The molecule has 0 bridgehead atoms. The quantitative estimate of drug-likeness (QED) is 0.468. The molecule has 0 radical (unpaired) electrons. The molecule has 56 valence electrons. The lowest BCUT2D eigenvalue weighted by Crippen LogP contribution is -2.44. The van der Waals surface area contributed by atoms with Crippen molar-refractivity contribution in [3.63, 3.8) is 0 Å². The molecule has 0 rings (SSSR count). The van der Waals surface area contributed by atoms with Crippen LogP contribution in [0.3, 0.4) is 0 Å². The van der Waals surface area contributed by atoms with E-state index in [1.165, 1.54) is 0 Å². The van der Waals surface area contributed by atoms with Gasteiger partial charge in [0.25, 0.3) is 0 Å². The second-order valence-corrected chi connectivity index (χ2v) is 2.64. The molecule has 0 aliphatic heterocycles. The van der Waals surface area contributed by atoms with E-state index in [9.17, 15) is 0 Å². The van der Waals surface area contributed by atoms with Gasteiger partial charge in [-0.25, -0.2) is 0 Å². The molecule has 0 fully saturated rings. The highest BCUT2D eigenvalue weighted by molar-refractivity contribution is 4.63. The van der Waals surface area contributed by atoms with Gasteiger partial charge in [-0.3, -0.25) is 11.1 Å². The van der Waals surface area contributed by atoms with Crippen LogP contribution in [0.2, 0.25) is 0 Å². The van der Waals surface area contributed by atoms with Crippen molar-refractivity contribution >= 4 is 0 Å². The van der Waals surface area contributed by atoms with Crippen LogP contribution in [0, 0.1) is 5.92 Å². The predicted molar refractivity (Wildman–Crippen MR) is 37.6 cm³/mol. The Morgan fingerprint density at radius 2 is 1.78 bits per heavy atom. The summed E-state index contributed by atoms with van der Waals surface area (Å²) in [6.45, 7) is 6.13. The van der Waals surface area contributed by atoms with Crippen LogP contribution in [-0.4, -0.2) is 17.5 Å². The molecule has 0 aromatic rings. The molecule has 0 aromatic heterocycles. The summed E-state index contributed by atoms with van der Waals surface area (Å²) >= 11 is 0. The maximum Gasteiger partial charge on any atom is 0.158 e. The Morgan fingerprint density at radius 3 is 1.89 bits per heavy atom. The first-order valence-electron chi connectivity index (χ1n) is 3.23. The van der Waals surface area contributed by atoms with E-state index in [0.29, 0.717) is 5.92 Å². The summed E-state index contributed by atoms with van der Waals surface area (Å²) in [7, 11) is 0. The van der Waals surface area contributed by atoms with Gasteiger partial charge in [0.05, 0.1) is 0 Å². The van der Waals surface area contributed by atoms with Crippen molar-refractivity contribution in [3.05, 3.63) is 0 Å². The Hall–Kier alpha value is -0.120. The number of aliphatic hydroxyl groups is 1. The van der Waals surface area contributed by atoms with Crippen LogP contribution in [0.5, 0.6) is 0 Å². The topological polar surface area (TPSA) is 58.3 Å². The number of aliphatic hydroxyl groups excluding tert-OH is 1. The highest BCUT2D eigenvalue weighted by atomic mass is 16.3. The van der Waals surface area contributed by atoms with Crippen LogP contribution >= 0.6 is 0 Å². The minimum atomic E-state index is -0.887. The molecule has 3 heteroatoms. The Morgan fingerprint density at radius 1 is 1.33 bits per heavy atom. The van der Waals surface area contributed by atoms with Gasteiger partial charge in [0.15, 0.2) is 6.35 Å². The van der Waals surface area contributed by atoms with Gasteiger partial charge in [-0.2, -0.15) is 0 Å². The van der Waals surface area contributed by atoms with Crippen molar-refractivity contribution < 1.29 is 5.11 Å². The zero-order valence-corrected chi connectivity index (χ0v) is 6.26. The summed E-state index contributed by atoms with van der Waals surface area (Å²) in [5, 5.41) is 11.4. The van der Waals surface area contributed by atoms with Gasteiger partial charge in [0.2, 0.25) is 0 Å². The highest BCUT2D eigenvalue weighted by Crippen LogP contribution is 1.98. The minimum absolute atomic E-state index is 0.269. The summed E-state index contributed by atoms with van der Waals surface area (Å²) in [6.07, 6.45) is -0.887. The van der Waals surface area contributed by atoms with E-state index in [-0.39, 0.29) is 6.04 Å². The monoisotopic (exact) mass is 132 g/mol. The van der Waals surface area contributed by atoms with Crippen molar-refractivity contribution in [3.8, 4) is 0 Å². The highest BCUT2D eigenvalue weighted by Gasteiger charge is 2.07. The first kappa shape index (κ1) is 8.88. The van der Waals surface area contributed by atoms with Crippen LogP contribution in [0.15, 0.2) is 0 Å². The molecule has 0 aliphatic rings. The van der Waals surface area contributed by atoms with Crippen molar-refractivity contribution in [1.82, 2.24) is 5.32 Å². The van der Waals surface area contributed by atoms with Crippen LogP contribution in [0.25, 0.3) is 0 Å². The third-order valence-corrected chi connectivity index (χ3v) is 1.43. The summed E-state index contributed by atoms with van der Waals surface area (Å²) < 4.78 is 0. The summed E-state index contributed by atoms with van der Waals surface area (Å²) in [6, 6.07) is 0.269. The minimum Gasteiger partial charge on any atom is -0.366 e. The predicted octanol–water partition coefficient (Wildman–Crippen LogP) is -0.145. The standard InChI is InChI=1S/C6H16N2O/c1-4(2)5(3)8-6(7)9/h4-6,8-9H,7H2,1-3H3. The van der Waals surface area contributed by atoms with E-state index >= 15 is 0 Å². The van der Waals surface area contributed by atoms with Crippen molar-refractivity contribution in [1.29, 1.82) is 0 Å². The van der Waals surface area contributed by atoms with Gasteiger partial charge < -0.3 is 5.11 Å². The lowest BCUT2D eigenvalue weighted by atomic mass is 10.1. The molecule has 0 heterocycles. The number of rotatable bonds is 3. The Balaban J connectivity index is 3.38. The average molecular weight is 132 g/mol. The zero-order chi connectivity index (χ0) is 7.44. The van der Waals surface area contributed by atoms with Gasteiger partial charge in [0, 0.05) is 6.04 Å². The molecule has 0 aliphatic carbocycles. The SMILES string of the molecule is CC(C)C(C)NC(N)O. The number of hydrogen-bond donors (Lipinski definition) is 3. The third-order valence-electron chi connectivity index (χ3n) is 1.43. The van der Waals surface area contributed by atoms with Crippen LogP contribution in [0.1, 0.15) is 20.8 Å². The molecule has 2 atom stereocenters. The summed E-state index contributed by atoms with van der Waals surface area (Å²) in [5.74, 6) is 0.503. The fraction of sp³-hybridized carbons (Fsp3) is 1.00. The summed E-state index contributed by atoms with van der Waals surface area (Å²) in [4.78, 5) is 0. The van der Waals surface area contributed by atoms with Crippen LogP contribution < -0.4 is 11.1 Å². The van der Waals surface area contributed by atoms with Crippen molar-refractivity contribution in [2.75, 3.05) is 0 Å². The molecule has 0 aromatic carbocycles. The number of nitrogens with two attached hydrogens (primary N) is 1.